The summed E-state index contributed by atoms with van der Waals surface area (Å²) in [5.74, 6) is -0.255. The minimum atomic E-state index is -0.312. The molecule has 98 valence electrons. The van der Waals surface area contributed by atoms with Crippen molar-refractivity contribution in [1.29, 1.82) is 0 Å². The molecule has 0 radical (unpaired) electrons. The topological polar surface area (TPSA) is 55.8 Å². The number of methoxy groups -OCH3 is 2. The summed E-state index contributed by atoms with van der Waals surface area (Å²) in [6, 6.07) is -0.0522. The van der Waals surface area contributed by atoms with E-state index in [-0.39, 0.29) is 18.1 Å². The van der Waals surface area contributed by atoms with Crippen LogP contribution in [-0.4, -0.2) is 56.6 Å². The first-order valence-electron chi connectivity index (χ1n) is 6.00. The van der Waals surface area contributed by atoms with Crippen molar-refractivity contribution in [3.8, 4) is 0 Å². The van der Waals surface area contributed by atoms with Gasteiger partial charge in [0.1, 0.15) is 12.3 Å². The van der Waals surface area contributed by atoms with Crippen LogP contribution < -0.4 is 0 Å². The van der Waals surface area contributed by atoms with Gasteiger partial charge >= 0.3 is 5.97 Å². The Hall–Kier alpha value is -0.940. The normalized spacial score (nSPS) is 22.4. The lowest BCUT2D eigenvalue weighted by molar-refractivity contribution is -0.148. The average Bonchev–Trinajstić information content (AvgIpc) is 2.78. The Morgan fingerprint density at radius 1 is 1.53 bits per heavy atom. The number of carbonyl (C=O) groups is 2. The van der Waals surface area contributed by atoms with Gasteiger partial charge in [-0.3, -0.25) is 9.69 Å². The number of ether oxygens (including phenoxy) is 2. The molecule has 0 aliphatic carbocycles. The van der Waals surface area contributed by atoms with Crippen molar-refractivity contribution in [2.75, 3.05) is 27.4 Å². The molecule has 1 saturated heterocycles. The lowest BCUT2D eigenvalue weighted by atomic mass is 10.1. The summed E-state index contributed by atoms with van der Waals surface area (Å²) in [4.78, 5) is 24.3. The van der Waals surface area contributed by atoms with E-state index in [1.165, 1.54) is 7.11 Å². The fraction of sp³-hybridized carbons (Fsp3) is 0.833. The van der Waals surface area contributed by atoms with Crippen LogP contribution in [-0.2, 0) is 19.1 Å². The number of likely N-dealkylation sites (tertiary alicyclic amines) is 1. The number of carbonyl (C=O) groups excluding carboxylic acids is 2. The van der Waals surface area contributed by atoms with E-state index in [4.69, 9.17) is 9.47 Å². The zero-order valence-corrected chi connectivity index (χ0v) is 10.6. The second-order valence-corrected chi connectivity index (χ2v) is 4.27. The predicted octanol–water partition coefficient (Wildman–Crippen LogP) is 0.618. The first kappa shape index (κ1) is 14.1. The Kier molecular flexibility index (Phi) is 6.15. The molecule has 1 unspecified atom stereocenters. The van der Waals surface area contributed by atoms with E-state index in [1.54, 1.807) is 7.11 Å². The molecule has 0 spiro atoms. The fourth-order valence-electron chi connectivity index (χ4n) is 2.42. The van der Waals surface area contributed by atoms with Crippen LogP contribution in [0.2, 0.25) is 0 Å². The van der Waals surface area contributed by atoms with Crippen molar-refractivity contribution in [3.63, 3.8) is 0 Å². The monoisotopic (exact) mass is 243 g/mol. The lowest BCUT2D eigenvalue weighted by Gasteiger charge is -2.30. The Morgan fingerprint density at radius 2 is 2.29 bits per heavy atom. The van der Waals surface area contributed by atoms with E-state index in [0.29, 0.717) is 19.4 Å². The minimum Gasteiger partial charge on any atom is -0.468 e. The second-order valence-electron chi connectivity index (χ2n) is 4.27. The van der Waals surface area contributed by atoms with Crippen molar-refractivity contribution in [3.05, 3.63) is 0 Å². The summed E-state index contributed by atoms with van der Waals surface area (Å²) in [6.45, 7) is 1.49. The van der Waals surface area contributed by atoms with E-state index in [0.717, 1.165) is 25.7 Å². The predicted molar refractivity (Wildman–Crippen MR) is 62.7 cm³/mol. The molecule has 0 aromatic rings. The van der Waals surface area contributed by atoms with E-state index >= 15 is 0 Å². The van der Waals surface area contributed by atoms with Gasteiger partial charge in [-0.1, -0.05) is 0 Å². The van der Waals surface area contributed by atoms with Gasteiger partial charge in [0, 0.05) is 19.6 Å². The molecule has 5 nitrogen and oxygen atoms in total. The second kappa shape index (κ2) is 7.40. The van der Waals surface area contributed by atoms with E-state index in [1.807, 2.05) is 0 Å². The summed E-state index contributed by atoms with van der Waals surface area (Å²) < 4.78 is 9.97. The SMILES string of the molecule is COC[C@@H]1CCCN1C(CCC=O)C(=O)OC. The molecule has 17 heavy (non-hydrogen) atoms. The van der Waals surface area contributed by atoms with Gasteiger partial charge in [-0.2, -0.15) is 0 Å². The van der Waals surface area contributed by atoms with Crippen molar-refractivity contribution < 1.29 is 19.1 Å². The van der Waals surface area contributed by atoms with Crippen molar-refractivity contribution in [1.82, 2.24) is 4.90 Å². The van der Waals surface area contributed by atoms with Gasteiger partial charge in [0.15, 0.2) is 0 Å². The van der Waals surface area contributed by atoms with Crippen LogP contribution in [0.4, 0.5) is 0 Å². The van der Waals surface area contributed by atoms with Crippen LogP contribution in [0.25, 0.3) is 0 Å². The van der Waals surface area contributed by atoms with Gasteiger partial charge in [-0.15, -0.1) is 0 Å². The number of hydrogen-bond acceptors (Lipinski definition) is 5. The maximum atomic E-state index is 11.7. The summed E-state index contributed by atoms with van der Waals surface area (Å²) in [5, 5.41) is 0. The zero-order chi connectivity index (χ0) is 12.7. The molecule has 1 fully saturated rings. The molecule has 1 aliphatic rings. The number of rotatable bonds is 7. The number of esters is 1. The summed E-state index contributed by atoms with van der Waals surface area (Å²) in [5.41, 5.74) is 0. The highest BCUT2D eigenvalue weighted by Crippen LogP contribution is 2.23. The maximum Gasteiger partial charge on any atom is 0.323 e. The first-order valence-corrected chi connectivity index (χ1v) is 6.00. The lowest BCUT2D eigenvalue weighted by Crippen LogP contribution is -2.46. The van der Waals surface area contributed by atoms with E-state index in [9.17, 15) is 9.59 Å². The molecule has 0 amide bonds. The Bertz CT molecular complexity index is 257. The van der Waals surface area contributed by atoms with Gasteiger partial charge in [-0.05, 0) is 25.8 Å². The number of aldehydes is 1. The third-order valence-corrected chi connectivity index (χ3v) is 3.21. The maximum absolute atomic E-state index is 11.7. The molecule has 5 heteroatoms. The van der Waals surface area contributed by atoms with E-state index in [2.05, 4.69) is 4.90 Å². The zero-order valence-electron chi connectivity index (χ0n) is 10.6. The molecular weight excluding hydrogens is 222 g/mol. The highest BCUT2D eigenvalue weighted by molar-refractivity contribution is 5.76. The molecule has 2 atom stereocenters. The molecule has 0 aromatic heterocycles. The van der Waals surface area contributed by atoms with Crippen molar-refractivity contribution >= 4 is 12.3 Å². The van der Waals surface area contributed by atoms with Crippen LogP contribution in [0.1, 0.15) is 25.7 Å². The Morgan fingerprint density at radius 3 is 2.88 bits per heavy atom. The van der Waals surface area contributed by atoms with Gasteiger partial charge in [0.25, 0.3) is 0 Å². The quantitative estimate of drug-likeness (QED) is 0.484. The van der Waals surface area contributed by atoms with Crippen LogP contribution in [0.5, 0.6) is 0 Å². The molecule has 1 rings (SSSR count). The Labute approximate surface area is 102 Å². The van der Waals surface area contributed by atoms with Crippen LogP contribution >= 0.6 is 0 Å². The van der Waals surface area contributed by atoms with Gasteiger partial charge in [0.2, 0.25) is 0 Å². The number of nitrogens with zero attached hydrogens (tertiary/aromatic N) is 1. The average molecular weight is 243 g/mol. The van der Waals surface area contributed by atoms with Gasteiger partial charge < -0.3 is 14.3 Å². The minimum absolute atomic E-state index is 0.255. The molecule has 0 saturated carbocycles. The van der Waals surface area contributed by atoms with Gasteiger partial charge in [-0.25, -0.2) is 0 Å². The summed E-state index contributed by atoms with van der Waals surface area (Å²) in [7, 11) is 3.05. The smallest absolute Gasteiger partial charge is 0.323 e. The van der Waals surface area contributed by atoms with Crippen LogP contribution in [0, 0.1) is 0 Å². The molecular formula is C12H21NO4. The summed E-state index contributed by atoms with van der Waals surface area (Å²) in [6.07, 6.45) is 3.84. The van der Waals surface area contributed by atoms with Gasteiger partial charge in [0.05, 0.1) is 13.7 Å². The number of hydrogen-bond donors (Lipinski definition) is 0. The fourth-order valence-corrected chi connectivity index (χ4v) is 2.42. The highest BCUT2D eigenvalue weighted by atomic mass is 16.5. The molecule has 0 aromatic carbocycles. The first-order chi connectivity index (χ1) is 8.24. The van der Waals surface area contributed by atoms with E-state index < -0.39 is 0 Å². The molecule has 1 aliphatic heterocycles. The van der Waals surface area contributed by atoms with Crippen LogP contribution in [0.3, 0.4) is 0 Å². The molecule has 0 bridgehead atoms. The molecule has 0 N–H and O–H groups in total. The highest BCUT2D eigenvalue weighted by Gasteiger charge is 2.34. The largest absolute Gasteiger partial charge is 0.468 e. The van der Waals surface area contributed by atoms with Crippen molar-refractivity contribution in [2.24, 2.45) is 0 Å². The Balaban J connectivity index is 2.66. The molecule has 1 heterocycles. The third kappa shape index (κ3) is 3.78. The summed E-state index contributed by atoms with van der Waals surface area (Å²) >= 11 is 0. The standard InChI is InChI=1S/C12H21NO4/c1-16-9-10-5-3-7-13(10)11(6-4-8-14)12(15)17-2/h8,10-11H,3-7,9H2,1-2H3/t10-,11?/m0/s1. The third-order valence-electron chi connectivity index (χ3n) is 3.21. The van der Waals surface area contributed by atoms with Crippen LogP contribution in [0.15, 0.2) is 0 Å². The van der Waals surface area contributed by atoms with Crippen molar-refractivity contribution in [2.45, 2.75) is 37.8 Å².